The van der Waals surface area contributed by atoms with Crippen molar-refractivity contribution in [3.8, 4) is 0 Å². The van der Waals surface area contributed by atoms with Crippen molar-refractivity contribution in [3.63, 3.8) is 0 Å². The molecule has 1 atom stereocenters. The van der Waals surface area contributed by atoms with Gasteiger partial charge in [-0.05, 0) is 37.6 Å². The van der Waals surface area contributed by atoms with Gasteiger partial charge in [-0.25, -0.2) is 13.2 Å². The van der Waals surface area contributed by atoms with Gasteiger partial charge in [-0.2, -0.15) is 4.72 Å². The molecule has 0 aliphatic heterocycles. The Morgan fingerprint density at radius 1 is 1.30 bits per heavy atom. The lowest BCUT2D eigenvalue weighted by Crippen LogP contribution is -2.38. The van der Waals surface area contributed by atoms with Crippen LogP contribution in [0.3, 0.4) is 0 Å². The van der Waals surface area contributed by atoms with Crippen LogP contribution >= 0.6 is 0 Å². The summed E-state index contributed by atoms with van der Waals surface area (Å²) in [4.78, 5) is 22.4. The Hall–Kier alpha value is -1.97. The first-order chi connectivity index (χ1) is 10.7. The van der Waals surface area contributed by atoms with E-state index in [4.69, 9.17) is 14.6 Å². The summed E-state index contributed by atoms with van der Waals surface area (Å²) < 4.78 is 36.4. The van der Waals surface area contributed by atoms with Gasteiger partial charge in [-0.1, -0.05) is 0 Å². The van der Waals surface area contributed by atoms with Gasteiger partial charge in [0.25, 0.3) is 0 Å². The maximum atomic E-state index is 12.3. The van der Waals surface area contributed by atoms with Crippen LogP contribution in [0.4, 0.5) is 0 Å². The summed E-state index contributed by atoms with van der Waals surface area (Å²) in [7, 11) is -2.68. The molecule has 0 saturated heterocycles. The number of hydrogen-bond donors (Lipinski definition) is 2. The van der Waals surface area contributed by atoms with E-state index >= 15 is 0 Å². The predicted octanol–water partition coefficient (Wildman–Crippen LogP) is 0.761. The third-order valence-corrected chi connectivity index (χ3v) is 4.32. The van der Waals surface area contributed by atoms with Crippen LogP contribution in [0.25, 0.3) is 0 Å². The first-order valence-corrected chi connectivity index (χ1v) is 8.24. The summed E-state index contributed by atoms with van der Waals surface area (Å²) >= 11 is 0. The Bertz CT molecular complexity index is 684. The van der Waals surface area contributed by atoms with Crippen molar-refractivity contribution < 1.29 is 32.6 Å². The number of carbonyl (C=O) groups excluding carboxylic acids is 1. The Morgan fingerprint density at radius 3 is 2.48 bits per heavy atom. The van der Waals surface area contributed by atoms with Gasteiger partial charge >= 0.3 is 11.9 Å². The molecule has 0 fully saturated rings. The first-order valence-electron chi connectivity index (χ1n) is 6.76. The van der Waals surface area contributed by atoms with Crippen molar-refractivity contribution in [2.24, 2.45) is 0 Å². The molecule has 0 spiro atoms. The molecule has 1 aromatic rings. The lowest BCUT2D eigenvalue weighted by atomic mass is 10.1. The molecule has 0 aliphatic rings. The van der Waals surface area contributed by atoms with Crippen LogP contribution in [0.5, 0.6) is 0 Å². The third-order valence-electron chi connectivity index (χ3n) is 2.80. The average molecular weight is 345 g/mol. The predicted molar refractivity (Wildman–Crippen MR) is 80.5 cm³/mol. The van der Waals surface area contributed by atoms with Crippen LogP contribution in [-0.2, 0) is 30.9 Å². The minimum absolute atomic E-state index is 0.0461. The van der Waals surface area contributed by atoms with Gasteiger partial charge in [-0.3, -0.25) is 4.79 Å². The van der Waals surface area contributed by atoms with E-state index in [-0.39, 0.29) is 23.7 Å². The van der Waals surface area contributed by atoms with Crippen molar-refractivity contribution in [1.29, 1.82) is 0 Å². The molecule has 128 valence electrons. The second kappa shape index (κ2) is 8.04. The zero-order valence-corrected chi connectivity index (χ0v) is 13.8. The Morgan fingerprint density at radius 2 is 1.96 bits per heavy atom. The molecular weight excluding hydrogens is 326 g/mol. The number of carboxylic acids is 1. The number of carbonyl (C=O) groups is 2. The molecule has 0 saturated carbocycles. The van der Waals surface area contributed by atoms with E-state index < -0.39 is 28.0 Å². The van der Waals surface area contributed by atoms with Gasteiger partial charge in [-0.15, -0.1) is 0 Å². The quantitative estimate of drug-likeness (QED) is 0.668. The summed E-state index contributed by atoms with van der Waals surface area (Å²) in [6, 6.07) is 2.59. The Kier molecular flexibility index (Phi) is 6.67. The highest BCUT2D eigenvalue weighted by Crippen LogP contribution is 2.17. The topological polar surface area (TPSA) is 119 Å². The van der Waals surface area contributed by atoms with Crippen LogP contribution in [0.1, 0.15) is 29.8 Å². The average Bonchev–Trinajstić information content (AvgIpc) is 2.47. The highest BCUT2D eigenvalue weighted by Gasteiger charge is 2.23. The number of rotatable bonds is 8. The minimum atomic E-state index is -4.11. The van der Waals surface area contributed by atoms with Crippen molar-refractivity contribution in [2.45, 2.75) is 31.4 Å². The number of esters is 1. The van der Waals surface area contributed by atoms with E-state index in [9.17, 15) is 18.0 Å². The molecule has 1 unspecified atom stereocenters. The van der Waals surface area contributed by atoms with Crippen molar-refractivity contribution in [2.75, 3.05) is 13.7 Å². The number of ether oxygens (including phenoxy) is 2. The molecule has 0 aromatic heterocycles. The van der Waals surface area contributed by atoms with Gasteiger partial charge in [0.1, 0.15) is 6.04 Å². The van der Waals surface area contributed by atoms with Crippen molar-refractivity contribution >= 4 is 22.0 Å². The van der Waals surface area contributed by atoms with Crippen LogP contribution in [0, 0.1) is 0 Å². The molecule has 1 aromatic carbocycles. The fourth-order valence-corrected chi connectivity index (χ4v) is 3.04. The highest BCUT2D eigenvalue weighted by atomic mass is 32.2. The number of hydrogen-bond acceptors (Lipinski definition) is 6. The zero-order chi connectivity index (χ0) is 17.6. The maximum absolute atomic E-state index is 12.3. The van der Waals surface area contributed by atoms with Crippen molar-refractivity contribution in [1.82, 2.24) is 4.72 Å². The Balaban J connectivity index is 3.28. The van der Waals surface area contributed by atoms with E-state index in [1.165, 1.54) is 26.2 Å². The molecule has 0 amide bonds. The van der Waals surface area contributed by atoms with Crippen LogP contribution < -0.4 is 4.72 Å². The molecule has 1 rings (SSSR count). The number of carboxylic acid groups (broad SMARTS) is 1. The molecule has 0 bridgehead atoms. The van der Waals surface area contributed by atoms with E-state index in [1.54, 1.807) is 6.92 Å². The lowest BCUT2D eigenvalue weighted by molar-refractivity contribution is -0.138. The third kappa shape index (κ3) is 5.31. The van der Waals surface area contributed by atoms with Gasteiger partial charge in [0.2, 0.25) is 10.0 Å². The summed E-state index contributed by atoms with van der Waals surface area (Å²) in [5, 5.41) is 8.82. The van der Waals surface area contributed by atoms with E-state index in [0.29, 0.717) is 5.56 Å². The minimum Gasteiger partial charge on any atom is -0.480 e. The fraction of sp³-hybridized carbons (Fsp3) is 0.429. The highest BCUT2D eigenvalue weighted by molar-refractivity contribution is 7.89. The van der Waals surface area contributed by atoms with Gasteiger partial charge in [0.15, 0.2) is 0 Å². The van der Waals surface area contributed by atoms with Crippen LogP contribution in [0.15, 0.2) is 23.1 Å². The monoisotopic (exact) mass is 345 g/mol. The molecule has 23 heavy (non-hydrogen) atoms. The smallest absolute Gasteiger partial charge is 0.338 e. The molecule has 0 heterocycles. The Labute approximate surface area is 134 Å². The van der Waals surface area contributed by atoms with Gasteiger partial charge in [0.05, 0.1) is 23.7 Å². The molecular formula is C14H19NO7S. The maximum Gasteiger partial charge on any atom is 0.338 e. The number of nitrogens with one attached hydrogen (secondary N) is 1. The normalized spacial score (nSPS) is 12.7. The molecule has 8 nitrogen and oxygen atoms in total. The van der Waals surface area contributed by atoms with Crippen LogP contribution in [-0.4, -0.2) is 45.2 Å². The summed E-state index contributed by atoms with van der Waals surface area (Å²) in [6.45, 7) is 3.06. The molecule has 2 N–H and O–H groups in total. The van der Waals surface area contributed by atoms with Crippen LogP contribution in [0.2, 0.25) is 0 Å². The molecule has 0 aliphatic carbocycles. The summed E-state index contributed by atoms with van der Waals surface area (Å²) in [5.41, 5.74) is 0.492. The fourth-order valence-electron chi connectivity index (χ4n) is 1.75. The number of aliphatic carboxylic acids is 1. The molecule has 9 heteroatoms. The number of benzene rings is 1. The SMILES string of the molecule is CCOC(=O)c1cc(COC)cc(S(=O)(=O)NC(C)C(=O)O)c1. The summed E-state index contributed by atoms with van der Waals surface area (Å²) in [6.07, 6.45) is 0. The number of sulfonamides is 1. The second-order valence-corrected chi connectivity index (χ2v) is 6.41. The zero-order valence-electron chi connectivity index (χ0n) is 13.0. The largest absolute Gasteiger partial charge is 0.480 e. The number of methoxy groups -OCH3 is 1. The lowest BCUT2D eigenvalue weighted by Gasteiger charge is -2.13. The second-order valence-electron chi connectivity index (χ2n) is 4.70. The van der Waals surface area contributed by atoms with E-state index in [2.05, 4.69) is 0 Å². The van der Waals surface area contributed by atoms with E-state index in [1.807, 2.05) is 4.72 Å². The van der Waals surface area contributed by atoms with Gasteiger partial charge in [0, 0.05) is 7.11 Å². The first kappa shape index (κ1) is 19.1. The van der Waals surface area contributed by atoms with E-state index in [0.717, 1.165) is 6.07 Å². The molecule has 0 radical (unpaired) electrons. The van der Waals surface area contributed by atoms with Crippen molar-refractivity contribution in [3.05, 3.63) is 29.3 Å². The standard InChI is InChI=1S/C14H19NO7S/c1-4-22-14(18)11-5-10(8-21-3)6-12(7-11)23(19,20)15-9(2)13(16)17/h5-7,9,15H,4,8H2,1-3H3,(H,16,17). The summed E-state index contributed by atoms with van der Waals surface area (Å²) in [5.74, 6) is -1.99. The van der Waals surface area contributed by atoms with Gasteiger partial charge < -0.3 is 14.6 Å².